The van der Waals surface area contributed by atoms with Crippen molar-refractivity contribution < 1.29 is 6.22 Å². The van der Waals surface area contributed by atoms with Gasteiger partial charge in [0.05, 0.1) is 11.9 Å². The number of benzene rings is 1. The Morgan fingerprint density at radius 2 is 1.98 bits per heavy atom. The Labute approximate surface area is 275 Å². The molecule has 0 radical (unpaired) electrons. The van der Waals surface area contributed by atoms with Crippen LogP contribution in [0.3, 0.4) is 0 Å². The number of nitrogens with zero attached hydrogens (tertiary/aromatic N) is 7. The lowest BCUT2D eigenvalue weighted by Gasteiger charge is -2.39. The maximum Gasteiger partial charge on any atom is 0.246 e. The first-order chi connectivity index (χ1) is 22.2. The van der Waals surface area contributed by atoms with Crippen LogP contribution < -0.4 is 10.2 Å². The van der Waals surface area contributed by atoms with Crippen molar-refractivity contribution in [3.63, 3.8) is 0 Å². The highest BCUT2D eigenvalue weighted by molar-refractivity contribution is 5.87. The van der Waals surface area contributed by atoms with E-state index >= 15 is 0 Å². The average Bonchev–Trinajstić information content (AvgIpc) is 3.08. The van der Waals surface area contributed by atoms with E-state index in [1.807, 2.05) is 51.9 Å². The largest absolute Gasteiger partial charge is 0.362 e. The van der Waals surface area contributed by atoms with Crippen LogP contribution >= 0.6 is 0 Å². The van der Waals surface area contributed by atoms with Gasteiger partial charge in [0.2, 0.25) is 11.9 Å². The third kappa shape index (κ3) is 9.16. The standard InChI is InChI=1S/C25H26N6O.C10H14N2.C2H6.H2/c1-5-20-9-7-19(13-17(20)3)8-10-21-24-22(28-16-27-21)14-26-25(29-24)30-11-12-31(18(4)15-30)23(32)6-2;1-4-6-11-10-8-9(2)5-7-12(10)3;1-2;/h1,6-7,9,13-14,16,18H,2,8,10-12,15H2,3-4H3;5-8,10-11H,1H2,2-3H3;1-2H3;1H/t18-;;;/m0.../s1. The molecule has 0 spiro atoms. The minimum absolute atomic E-state index is 0. The molecule has 2 aliphatic rings. The van der Waals surface area contributed by atoms with E-state index in [1.165, 1.54) is 17.2 Å². The maximum absolute atomic E-state index is 12.0. The van der Waals surface area contributed by atoms with Crippen molar-refractivity contribution in [2.75, 3.05) is 31.6 Å². The van der Waals surface area contributed by atoms with Gasteiger partial charge in [-0.3, -0.25) is 4.79 Å². The van der Waals surface area contributed by atoms with Gasteiger partial charge in [-0.25, -0.2) is 19.9 Å². The van der Waals surface area contributed by atoms with Gasteiger partial charge in [0.15, 0.2) is 0 Å². The lowest BCUT2D eigenvalue weighted by molar-refractivity contribution is -0.128. The number of hydrogen-bond donors (Lipinski definition) is 1. The van der Waals surface area contributed by atoms with E-state index in [4.69, 9.17) is 11.4 Å². The molecule has 1 N–H and O–H groups in total. The average molecular weight is 621 g/mol. The lowest BCUT2D eigenvalue weighted by Crippen LogP contribution is -2.54. The first-order valence-electron chi connectivity index (χ1n) is 15.6. The Bertz CT molecular complexity index is 1670. The predicted molar refractivity (Wildman–Crippen MR) is 190 cm³/mol. The van der Waals surface area contributed by atoms with Crippen LogP contribution in [0.1, 0.15) is 51.5 Å². The molecule has 46 heavy (non-hydrogen) atoms. The van der Waals surface area contributed by atoms with Crippen LogP contribution in [-0.4, -0.2) is 74.5 Å². The molecule has 9 nitrogen and oxygen atoms in total. The van der Waals surface area contributed by atoms with Crippen LogP contribution in [0, 0.1) is 19.3 Å². The van der Waals surface area contributed by atoms with Gasteiger partial charge in [-0.05, 0) is 74.6 Å². The number of fused-ring (bicyclic) bond motifs is 1. The number of nitrogens with one attached hydrogen (secondary N) is 1. The van der Waals surface area contributed by atoms with E-state index in [1.54, 1.807) is 18.7 Å². The molecular weight excluding hydrogens is 572 g/mol. The molecule has 1 saturated heterocycles. The number of hydrogen-bond acceptors (Lipinski definition) is 8. The molecule has 0 aliphatic carbocycles. The summed E-state index contributed by atoms with van der Waals surface area (Å²) in [5.74, 6) is 3.30. The molecule has 1 unspecified atom stereocenters. The Morgan fingerprint density at radius 1 is 1.20 bits per heavy atom. The Hall–Kier alpha value is -5.19. The normalized spacial score (nSPS) is 16.9. The zero-order valence-corrected chi connectivity index (χ0v) is 28.0. The number of rotatable bonds is 7. The van der Waals surface area contributed by atoms with Crippen molar-refractivity contribution in [1.29, 1.82) is 0 Å². The number of allylic oxidation sites excluding steroid dienone is 2. The van der Waals surface area contributed by atoms with Crippen LogP contribution in [0.25, 0.3) is 11.0 Å². The van der Waals surface area contributed by atoms with Crippen LogP contribution in [0.2, 0.25) is 0 Å². The van der Waals surface area contributed by atoms with Gasteiger partial charge in [0.25, 0.3) is 0 Å². The van der Waals surface area contributed by atoms with Gasteiger partial charge in [0.1, 0.15) is 23.5 Å². The molecule has 2 aliphatic heterocycles. The fourth-order valence-corrected chi connectivity index (χ4v) is 5.18. The molecule has 1 amide bonds. The topological polar surface area (TPSA) is 90.4 Å². The van der Waals surface area contributed by atoms with Crippen molar-refractivity contribution in [3.05, 3.63) is 108 Å². The van der Waals surface area contributed by atoms with Gasteiger partial charge < -0.3 is 20.0 Å². The summed E-state index contributed by atoms with van der Waals surface area (Å²) in [7, 11) is 2.02. The summed E-state index contributed by atoms with van der Waals surface area (Å²) < 4.78 is 0. The highest BCUT2D eigenvalue weighted by Gasteiger charge is 2.27. The zero-order chi connectivity index (χ0) is 33.6. The molecule has 3 aromatic rings. The second-order valence-electron chi connectivity index (χ2n) is 10.9. The maximum atomic E-state index is 12.0. The van der Waals surface area contributed by atoms with Gasteiger partial charge in [-0.15, -0.1) is 12.2 Å². The van der Waals surface area contributed by atoms with E-state index in [0.717, 1.165) is 40.7 Å². The summed E-state index contributed by atoms with van der Waals surface area (Å²) in [6.07, 6.45) is 20.0. The summed E-state index contributed by atoms with van der Waals surface area (Å²) in [5, 5.41) is 3.15. The minimum atomic E-state index is -0.0437. The summed E-state index contributed by atoms with van der Waals surface area (Å²) in [5.41, 5.74) is 9.57. The Kier molecular flexibility index (Phi) is 13.3. The smallest absolute Gasteiger partial charge is 0.246 e. The third-order valence-corrected chi connectivity index (χ3v) is 7.69. The highest BCUT2D eigenvalue weighted by Crippen LogP contribution is 2.21. The van der Waals surface area contributed by atoms with Crippen LogP contribution in [0.4, 0.5) is 5.95 Å². The van der Waals surface area contributed by atoms with E-state index in [9.17, 15) is 4.79 Å². The number of aryl methyl sites for hydroxylation is 3. The number of aromatic nitrogens is 4. The number of amides is 1. The monoisotopic (exact) mass is 620 g/mol. The quantitative estimate of drug-likeness (QED) is 0.208. The summed E-state index contributed by atoms with van der Waals surface area (Å²) in [4.78, 5) is 36.2. The molecule has 0 bridgehead atoms. The molecule has 2 atom stereocenters. The molecule has 1 fully saturated rings. The zero-order valence-electron chi connectivity index (χ0n) is 28.0. The summed E-state index contributed by atoms with van der Waals surface area (Å²) in [6.45, 7) is 19.2. The Balaban J connectivity index is 0.000000432. The van der Waals surface area contributed by atoms with Crippen molar-refractivity contribution >= 4 is 22.9 Å². The highest BCUT2D eigenvalue weighted by atomic mass is 16.2. The van der Waals surface area contributed by atoms with Crippen molar-refractivity contribution in [2.24, 2.45) is 0 Å². The van der Waals surface area contributed by atoms with E-state index in [0.29, 0.717) is 25.6 Å². The van der Waals surface area contributed by atoms with Crippen molar-refractivity contribution in [3.8, 4) is 12.3 Å². The number of terminal acetylenes is 1. The molecule has 5 rings (SSSR count). The number of likely N-dealkylation sites (N-methyl/N-ethyl adjacent to an activating group) is 1. The van der Waals surface area contributed by atoms with Crippen LogP contribution in [-0.2, 0) is 17.6 Å². The fraction of sp³-hybridized carbons (Fsp3) is 0.351. The minimum Gasteiger partial charge on any atom is -0.362 e. The van der Waals surface area contributed by atoms with Crippen molar-refractivity contribution in [1.82, 2.24) is 35.1 Å². The van der Waals surface area contributed by atoms with Crippen LogP contribution in [0.5, 0.6) is 0 Å². The summed E-state index contributed by atoms with van der Waals surface area (Å²) >= 11 is 0. The molecule has 0 saturated carbocycles. The van der Waals surface area contributed by atoms with E-state index in [2.05, 4.69) is 86.1 Å². The van der Waals surface area contributed by atoms with E-state index in [-0.39, 0.29) is 19.5 Å². The van der Waals surface area contributed by atoms with Crippen molar-refractivity contribution in [2.45, 2.75) is 59.7 Å². The SMILES string of the molecule is C#Cc1ccc(CCc2ncnc3cnc(N4CCN(C(=O)C=C)[C@@H](C)C4)nc23)cc1C.C=C=CNC1C=C(C)C=CN1C.CC.[HH]. The van der Waals surface area contributed by atoms with Gasteiger partial charge >= 0.3 is 0 Å². The van der Waals surface area contributed by atoms with Crippen LogP contribution in [0.15, 0.2) is 85.8 Å². The molecule has 242 valence electrons. The number of carbonyl (C=O) groups is 1. The fourth-order valence-electron chi connectivity index (χ4n) is 5.18. The first-order valence-corrected chi connectivity index (χ1v) is 15.6. The van der Waals surface area contributed by atoms with Gasteiger partial charge in [-0.2, -0.15) is 0 Å². The molecule has 4 heterocycles. The molecule has 2 aromatic heterocycles. The van der Waals surface area contributed by atoms with Gasteiger partial charge in [-0.1, -0.05) is 45.1 Å². The molecule has 9 heteroatoms. The van der Waals surface area contributed by atoms with Gasteiger partial charge in [0, 0.05) is 52.1 Å². The second kappa shape index (κ2) is 17.3. The number of carbonyl (C=O) groups excluding carboxylic acids is 1. The second-order valence-corrected chi connectivity index (χ2v) is 10.9. The molecule has 1 aromatic carbocycles. The predicted octanol–water partition coefficient (Wildman–Crippen LogP) is 5.60. The number of piperazine rings is 1. The summed E-state index contributed by atoms with van der Waals surface area (Å²) in [6, 6.07) is 6.23. The lowest BCUT2D eigenvalue weighted by atomic mass is 10.0. The first kappa shape index (κ1) is 35.3. The number of anilines is 1. The molecular formula is C37H48N8O. The third-order valence-electron chi connectivity index (χ3n) is 7.69. The Morgan fingerprint density at radius 3 is 2.65 bits per heavy atom. The van der Waals surface area contributed by atoms with E-state index < -0.39 is 0 Å².